The molecular weight excluding hydrogens is 280 g/mol. The van der Waals surface area contributed by atoms with Gasteiger partial charge in [0, 0.05) is 11.5 Å². The molecule has 0 fully saturated rings. The van der Waals surface area contributed by atoms with Crippen LogP contribution in [0.4, 0.5) is 5.69 Å². The van der Waals surface area contributed by atoms with Crippen molar-refractivity contribution in [2.24, 2.45) is 5.10 Å². The highest BCUT2D eigenvalue weighted by Crippen LogP contribution is 2.22. The third kappa shape index (κ3) is 3.58. The number of nitrogens with zero attached hydrogens (tertiary/aromatic N) is 3. The van der Waals surface area contributed by atoms with Crippen molar-refractivity contribution in [1.82, 2.24) is 5.16 Å². The summed E-state index contributed by atoms with van der Waals surface area (Å²) >= 11 is 0. The second-order valence-corrected chi connectivity index (χ2v) is 5.71. The summed E-state index contributed by atoms with van der Waals surface area (Å²) < 4.78 is 5.15. The first-order chi connectivity index (χ1) is 10.4. The predicted octanol–water partition coefficient (Wildman–Crippen LogP) is 3.15. The molecule has 112 valence electrons. The SMILES string of the molecule is CC(C)(C)c1cc(C(=O)C(C#N)=NNc2ccccc2)no1. The molecule has 2 rings (SSSR count). The van der Waals surface area contributed by atoms with Gasteiger partial charge in [0.2, 0.25) is 11.5 Å². The van der Waals surface area contributed by atoms with Crippen LogP contribution in [0.15, 0.2) is 46.0 Å². The smallest absolute Gasteiger partial charge is 0.245 e. The Kier molecular flexibility index (Phi) is 4.37. The van der Waals surface area contributed by atoms with Crippen LogP contribution in [0.2, 0.25) is 0 Å². The van der Waals surface area contributed by atoms with Gasteiger partial charge in [-0.2, -0.15) is 10.4 Å². The lowest BCUT2D eigenvalue weighted by Crippen LogP contribution is -2.15. The maximum atomic E-state index is 12.2. The number of aromatic nitrogens is 1. The second kappa shape index (κ2) is 6.22. The maximum Gasteiger partial charge on any atom is 0.245 e. The molecule has 0 unspecified atom stereocenters. The number of hydrogen-bond acceptors (Lipinski definition) is 6. The number of nitrogens with one attached hydrogen (secondary N) is 1. The van der Waals surface area contributed by atoms with Crippen LogP contribution in [0.1, 0.15) is 37.0 Å². The zero-order chi connectivity index (χ0) is 16.2. The average molecular weight is 296 g/mol. The Balaban J connectivity index is 2.19. The minimum Gasteiger partial charge on any atom is -0.360 e. The van der Waals surface area contributed by atoms with E-state index in [2.05, 4.69) is 15.7 Å². The minimum atomic E-state index is -0.579. The van der Waals surface area contributed by atoms with Crippen LogP contribution in [0.3, 0.4) is 0 Å². The van der Waals surface area contributed by atoms with Crippen LogP contribution in [-0.2, 0) is 5.41 Å². The lowest BCUT2D eigenvalue weighted by Gasteiger charge is -2.11. The summed E-state index contributed by atoms with van der Waals surface area (Å²) in [6.07, 6.45) is 0. The lowest BCUT2D eigenvalue weighted by atomic mass is 9.93. The Morgan fingerprint density at radius 1 is 1.32 bits per heavy atom. The highest BCUT2D eigenvalue weighted by atomic mass is 16.5. The van der Waals surface area contributed by atoms with Crippen LogP contribution >= 0.6 is 0 Å². The zero-order valence-corrected chi connectivity index (χ0v) is 12.6. The van der Waals surface area contributed by atoms with Gasteiger partial charge in [0.15, 0.2) is 5.69 Å². The van der Waals surface area contributed by atoms with Gasteiger partial charge in [-0.15, -0.1) is 0 Å². The van der Waals surface area contributed by atoms with Crippen molar-refractivity contribution >= 4 is 17.2 Å². The molecule has 1 aromatic carbocycles. The third-order valence-corrected chi connectivity index (χ3v) is 2.87. The Bertz CT molecular complexity index is 733. The van der Waals surface area contributed by atoms with Gasteiger partial charge >= 0.3 is 0 Å². The van der Waals surface area contributed by atoms with Gasteiger partial charge in [-0.3, -0.25) is 10.2 Å². The number of rotatable bonds is 4. The normalized spacial score (nSPS) is 11.8. The molecule has 0 aliphatic carbocycles. The maximum absolute atomic E-state index is 12.2. The molecule has 0 amide bonds. The number of carbonyl (C=O) groups is 1. The van der Waals surface area contributed by atoms with Crippen molar-refractivity contribution in [1.29, 1.82) is 5.26 Å². The molecular formula is C16H16N4O2. The van der Waals surface area contributed by atoms with E-state index in [-0.39, 0.29) is 16.8 Å². The van der Waals surface area contributed by atoms with Crippen molar-refractivity contribution in [3.63, 3.8) is 0 Å². The van der Waals surface area contributed by atoms with Crippen LogP contribution < -0.4 is 5.43 Å². The summed E-state index contributed by atoms with van der Waals surface area (Å²) in [6, 6.07) is 12.4. The van der Waals surface area contributed by atoms with E-state index in [4.69, 9.17) is 9.78 Å². The molecule has 0 aliphatic heterocycles. The topological polar surface area (TPSA) is 91.3 Å². The van der Waals surface area contributed by atoms with Gasteiger partial charge in [0.1, 0.15) is 11.8 Å². The van der Waals surface area contributed by atoms with Gasteiger partial charge in [-0.25, -0.2) is 0 Å². The first-order valence-electron chi connectivity index (χ1n) is 6.72. The molecule has 22 heavy (non-hydrogen) atoms. The van der Waals surface area contributed by atoms with Crippen molar-refractivity contribution < 1.29 is 9.32 Å². The van der Waals surface area contributed by atoms with E-state index in [9.17, 15) is 4.79 Å². The standard InChI is InChI=1S/C16H16N4O2/c1-16(2,3)14-9-12(20-22-14)15(21)13(10-17)19-18-11-7-5-4-6-8-11/h4-9,18H,1-3H3. The largest absolute Gasteiger partial charge is 0.360 e. The number of hydrazone groups is 1. The highest BCUT2D eigenvalue weighted by molar-refractivity contribution is 6.51. The number of nitriles is 1. The first kappa shape index (κ1) is 15.4. The summed E-state index contributed by atoms with van der Waals surface area (Å²) in [7, 11) is 0. The molecule has 0 spiro atoms. The van der Waals surface area contributed by atoms with E-state index in [0.29, 0.717) is 11.4 Å². The quantitative estimate of drug-likeness (QED) is 0.531. The first-order valence-corrected chi connectivity index (χ1v) is 6.72. The van der Waals surface area contributed by atoms with E-state index in [1.807, 2.05) is 39.0 Å². The van der Waals surface area contributed by atoms with Crippen LogP contribution in [0.25, 0.3) is 0 Å². The van der Waals surface area contributed by atoms with Crippen molar-refractivity contribution in [2.45, 2.75) is 26.2 Å². The Labute approximate surface area is 128 Å². The molecule has 6 heteroatoms. The van der Waals surface area contributed by atoms with Crippen molar-refractivity contribution in [3.8, 4) is 6.07 Å². The van der Waals surface area contributed by atoms with Crippen LogP contribution in [-0.4, -0.2) is 16.7 Å². The lowest BCUT2D eigenvalue weighted by molar-refractivity contribution is 0.105. The van der Waals surface area contributed by atoms with Crippen LogP contribution in [0, 0.1) is 11.3 Å². The van der Waals surface area contributed by atoms with Gasteiger partial charge in [0.05, 0.1) is 5.69 Å². The number of ketones is 1. The fraction of sp³-hybridized carbons (Fsp3) is 0.250. The predicted molar refractivity (Wildman–Crippen MR) is 82.6 cm³/mol. The summed E-state index contributed by atoms with van der Waals surface area (Å²) in [5, 5.41) is 16.7. The van der Waals surface area contributed by atoms with E-state index < -0.39 is 5.78 Å². The Morgan fingerprint density at radius 3 is 2.55 bits per heavy atom. The summed E-state index contributed by atoms with van der Waals surface area (Å²) in [6.45, 7) is 5.83. The number of para-hydroxylation sites is 1. The van der Waals surface area contributed by atoms with E-state index >= 15 is 0 Å². The fourth-order valence-electron chi connectivity index (χ4n) is 1.62. The Hall–Kier alpha value is -2.94. The number of benzene rings is 1. The molecule has 0 radical (unpaired) electrons. The molecule has 0 saturated carbocycles. The summed E-state index contributed by atoms with van der Waals surface area (Å²) in [4.78, 5) is 12.2. The van der Waals surface area contributed by atoms with Gasteiger partial charge in [-0.05, 0) is 12.1 Å². The van der Waals surface area contributed by atoms with Gasteiger partial charge in [-0.1, -0.05) is 44.1 Å². The van der Waals surface area contributed by atoms with Gasteiger partial charge in [0.25, 0.3) is 0 Å². The number of hydrogen-bond donors (Lipinski definition) is 1. The summed E-state index contributed by atoms with van der Waals surface area (Å²) in [5.74, 6) is -0.00524. The molecule has 1 N–H and O–H groups in total. The Morgan fingerprint density at radius 2 is 2.00 bits per heavy atom. The molecule has 1 aromatic heterocycles. The molecule has 2 aromatic rings. The number of anilines is 1. The minimum absolute atomic E-state index is 0.0695. The van der Waals surface area contributed by atoms with E-state index in [0.717, 1.165) is 0 Å². The third-order valence-electron chi connectivity index (χ3n) is 2.87. The fourth-order valence-corrected chi connectivity index (χ4v) is 1.62. The average Bonchev–Trinajstić information content (AvgIpc) is 2.98. The second-order valence-electron chi connectivity index (χ2n) is 5.71. The van der Waals surface area contributed by atoms with Gasteiger partial charge < -0.3 is 4.52 Å². The monoisotopic (exact) mass is 296 g/mol. The molecule has 0 atom stereocenters. The number of Topliss-reactive ketones (excluding diaryl/α,β-unsaturated/α-hetero) is 1. The van der Waals surface area contributed by atoms with Crippen molar-refractivity contribution in [2.75, 3.05) is 5.43 Å². The number of carbonyl (C=O) groups excluding carboxylic acids is 1. The van der Waals surface area contributed by atoms with E-state index in [1.54, 1.807) is 18.2 Å². The molecule has 6 nitrogen and oxygen atoms in total. The van der Waals surface area contributed by atoms with E-state index in [1.165, 1.54) is 6.07 Å². The molecule has 0 aliphatic rings. The molecule has 0 bridgehead atoms. The molecule has 0 saturated heterocycles. The zero-order valence-electron chi connectivity index (χ0n) is 12.6. The molecule has 1 heterocycles. The van der Waals surface area contributed by atoms with Crippen LogP contribution in [0.5, 0.6) is 0 Å². The summed E-state index contributed by atoms with van der Waals surface area (Å²) in [5.41, 5.74) is 2.87. The highest BCUT2D eigenvalue weighted by Gasteiger charge is 2.24. The van der Waals surface area contributed by atoms with Crippen molar-refractivity contribution in [3.05, 3.63) is 47.9 Å².